The molecule has 2 N–H and O–H groups in total. The summed E-state index contributed by atoms with van der Waals surface area (Å²) in [6.45, 7) is 5.74. The third-order valence-electron chi connectivity index (χ3n) is 4.15. The first kappa shape index (κ1) is 14.4. The lowest BCUT2D eigenvalue weighted by Gasteiger charge is -2.38. The average Bonchev–Trinajstić information content (AvgIpc) is 2.43. The second-order valence-electron chi connectivity index (χ2n) is 5.58. The van der Waals surface area contributed by atoms with Gasteiger partial charge in [0.15, 0.2) is 0 Å². The number of likely N-dealkylation sites (tertiary alicyclic amines) is 1. The highest BCUT2D eigenvalue weighted by Gasteiger charge is 2.25. The van der Waals surface area contributed by atoms with E-state index in [1.807, 2.05) is 7.05 Å². The minimum Gasteiger partial charge on any atom is -0.508 e. The van der Waals surface area contributed by atoms with Gasteiger partial charge < -0.3 is 10.4 Å². The Balaban J connectivity index is 2.06. The van der Waals surface area contributed by atoms with Gasteiger partial charge in [0.05, 0.1) is 0 Å². The maximum absolute atomic E-state index is 9.41. The van der Waals surface area contributed by atoms with Crippen molar-refractivity contribution in [2.75, 3.05) is 26.7 Å². The monoisotopic (exact) mass is 262 g/mol. The predicted octanol–water partition coefficient (Wildman–Crippen LogP) is 2.77. The lowest BCUT2D eigenvalue weighted by molar-refractivity contribution is 0.119. The van der Waals surface area contributed by atoms with Gasteiger partial charge in [0.2, 0.25) is 0 Å². The van der Waals surface area contributed by atoms with Gasteiger partial charge in [0.25, 0.3) is 0 Å². The van der Waals surface area contributed by atoms with E-state index in [0.717, 1.165) is 18.9 Å². The molecule has 0 bridgehead atoms. The van der Waals surface area contributed by atoms with E-state index in [4.69, 9.17) is 0 Å². The number of phenolic OH excluding ortho intramolecular Hbond substituents is 1. The highest BCUT2D eigenvalue weighted by molar-refractivity contribution is 5.28. The van der Waals surface area contributed by atoms with Crippen LogP contribution in [0.5, 0.6) is 5.75 Å². The van der Waals surface area contributed by atoms with Gasteiger partial charge in [-0.15, -0.1) is 0 Å². The molecule has 2 unspecified atom stereocenters. The van der Waals surface area contributed by atoms with Gasteiger partial charge in [-0.05, 0) is 63.0 Å². The molecular weight excluding hydrogens is 236 g/mol. The molecule has 2 rings (SSSR count). The molecule has 3 heteroatoms. The molecule has 0 amide bonds. The van der Waals surface area contributed by atoms with Crippen LogP contribution in [-0.2, 0) is 0 Å². The first-order valence-corrected chi connectivity index (χ1v) is 7.42. The van der Waals surface area contributed by atoms with Crippen molar-refractivity contribution >= 4 is 0 Å². The summed E-state index contributed by atoms with van der Waals surface area (Å²) in [6.07, 6.45) is 3.75. The first-order valence-electron chi connectivity index (χ1n) is 7.42. The zero-order valence-corrected chi connectivity index (χ0v) is 12.1. The van der Waals surface area contributed by atoms with Gasteiger partial charge in [0.1, 0.15) is 5.75 Å². The summed E-state index contributed by atoms with van der Waals surface area (Å²) in [6, 6.07) is 8.21. The van der Waals surface area contributed by atoms with Crippen LogP contribution in [0.25, 0.3) is 0 Å². The SMILES string of the molecule is CCC(c1ccc(O)cc1)N1CCCC(CNC)C1. The van der Waals surface area contributed by atoms with Crippen molar-refractivity contribution in [1.82, 2.24) is 10.2 Å². The number of phenols is 1. The number of aromatic hydroxyl groups is 1. The first-order chi connectivity index (χ1) is 9.24. The van der Waals surface area contributed by atoms with E-state index in [2.05, 4.69) is 29.3 Å². The topological polar surface area (TPSA) is 35.5 Å². The molecule has 0 saturated carbocycles. The molecule has 0 aliphatic carbocycles. The highest BCUT2D eigenvalue weighted by Crippen LogP contribution is 2.29. The summed E-state index contributed by atoms with van der Waals surface area (Å²) in [7, 11) is 2.04. The molecule has 106 valence electrons. The fraction of sp³-hybridized carbons (Fsp3) is 0.625. The molecule has 1 saturated heterocycles. The van der Waals surface area contributed by atoms with E-state index in [-0.39, 0.29) is 0 Å². The lowest BCUT2D eigenvalue weighted by atomic mass is 9.93. The fourth-order valence-electron chi connectivity index (χ4n) is 3.24. The predicted molar refractivity (Wildman–Crippen MR) is 79.4 cm³/mol. The van der Waals surface area contributed by atoms with E-state index >= 15 is 0 Å². The van der Waals surface area contributed by atoms with E-state index in [1.165, 1.54) is 31.5 Å². The molecule has 1 aliphatic rings. The molecular formula is C16H26N2O. The van der Waals surface area contributed by atoms with Gasteiger partial charge >= 0.3 is 0 Å². The van der Waals surface area contributed by atoms with Gasteiger partial charge in [-0.25, -0.2) is 0 Å². The third-order valence-corrected chi connectivity index (χ3v) is 4.15. The van der Waals surface area contributed by atoms with Crippen molar-refractivity contribution in [3.8, 4) is 5.75 Å². The molecule has 3 nitrogen and oxygen atoms in total. The number of nitrogens with zero attached hydrogens (tertiary/aromatic N) is 1. The second-order valence-corrected chi connectivity index (χ2v) is 5.58. The summed E-state index contributed by atoms with van der Waals surface area (Å²) < 4.78 is 0. The largest absolute Gasteiger partial charge is 0.508 e. The number of hydrogen-bond acceptors (Lipinski definition) is 3. The zero-order valence-electron chi connectivity index (χ0n) is 12.1. The van der Waals surface area contributed by atoms with Crippen LogP contribution >= 0.6 is 0 Å². The molecule has 1 aromatic carbocycles. The minimum atomic E-state index is 0.352. The maximum atomic E-state index is 9.41. The summed E-state index contributed by atoms with van der Waals surface area (Å²) in [5, 5.41) is 12.7. The molecule has 2 atom stereocenters. The Bertz CT molecular complexity index is 375. The van der Waals surface area contributed by atoms with Crippen molar-refractivity contribution in [2.45, 2.75) is 32.2 Å². The number of piperidine rings is 1. The molecule has 19 heavy (non-hydrogen) atoms. The Labute approximate surface area is 116 Å². The van der Waals surface area contributed by atoms with Gasteiger partial charge in [-0.3, -0.25) is 4.90 Å². The summed E-state index contributed by atoms with van der Waals surface area (Å²) in [4.78, 5) is 2.61. The summed E-state index contributed by atoms with van der Waals surface area (Å²) in [5.74, 6) is 1.12. The van der Waals surface area contributed by atoms with Crippen LogP contribution in [-0.4, -0.2) is 36.7 Å². The zero-order chi connectivity index (χ0) is 13.7. The number of benzene rings is 1. The van der Waals surface area contributed by atoms with Crippen LogP contribution in [0.3, 0.4) is 0 Å². The molecule has 0 spiro atoms. The molecule has 1 aliphatic heterocycles. The number of rotatable bonds is 5. The Kier molecular flexibility index (Phi) is 5.23. The molecule has 0 radical (unpaired) electrons. The van der Waals surface area contributed by atoms with E-state index < -0.39 is 0 Å². The maximum Gasteiger partial charge on any atom is 0.115 e. The summed E-state index contributed by atoms with van der Waals surface area (Å²) in [5.41, 5.74) is 1.32. The highest BCUT2D eigenvalue weighted by atomic mass is 16.3. The third kappa shape index (κ3) is 3.71. The normalized spacial score (nSPS) is 22.3. The van der Waals surface area contributed by atoms with Crippen molar-refractivity contribution in [3.63, 3.8) is 0 Å². The molecule has 1 aromatic rings. The van der Waals surface area contributed by atoms with Crippen LogP contribution < -0.4 is 5.32 Å². The van der Waals surface area contributed by atoms with Crippen molar-refractivity contribution in [3.05, 3.63) is 29.8 Å². The molecule has 1 fully saturated rings. The fourth-order valence-corrected chi connectivity index (χ4v) is 3.24. The Morgan fingerprint density at radius 1 is 1.37 bits per heavy atom. The second kappa shape index (κ2) is 6.92. The van der Waals surface area contributed by atoms with Crippen LogP contribution in [0.15, 0.2) is 24.3 Å². The Morgan fingerprint density at radius 2 is 2.11 bits per heavy atom. The summed E-state index contributed by atoms with van der Waals surface area (Å²) >= 11 is 0. The molecule has 1 heterocycles. The van der Waals surface area contributed by atoms with Crippen LogP contribution in [0.4, 0.5) is 0 Å². The van der Waals surface area contributed by atoms with Gasteiger partial charge in [-0.2, -0.15) is 0 Å². The Morgan fingerprint density at radius 3 is 2.74 bits per heavy atom. The van der Waals surface area contributed by atoms with Crippen LogP contribution in [0.2, 0.25) is 0 Å². The smallest absolute Gasteiger partial charge is 0.115 e. The number of hydrogen-bond donors (Lipinski definition) is 2. The van der Waals surface area contributed by atoms with Crippen molar-refractivity contribution in [1.29, 1.82) is 0 Å². The Hall–Kier alpha value is -1.06. The van der Waals surface area contributed by atoms with Gasteiger partial charge in [0, 0.05) is 12.6 Å². The standard InChI is InChI=1S/C16H26N2O/c1-3-16(14-6-8-15(19)9-7-14)18-10-4-5-13(12-18)11-17-2/h6-9,13,16-17,19H,3-5,10-12H2,1-2H3. The number of nitrogens with one attached hydrogen (secondary N) is 1. The van der Waals surface area contributed by atoms with E-state index in [0.29, 0.717) is 11.8 Å². The lowest BCUT2D eigenvalue weighted by Crippen LogP contribution is -2.41. The van der Waals surface area contributed by atoms with Gasteiger partial charge in [-0.1, -0.05) is 19.1 Å². The van der Waals surface area contributed by atoms with E-state index in [1.54, 1.807) is 12.1 Å². The quantitative estimate of drug-likeness (QED) is 0.856. The average molecular weight is 262 g/mol. The van der Waals surface area contributed by atoms with Crippen molar-refractivity contribution < 1.29 is 5.11 Å². The van der Waals surface area contributed by atoms with Crippen molar-refractivity contribution in [2.24, 2.45) is 5.92 Å². The van der Waals surface area contributed by atoms with Crippen LogP contribution in [0.1, 0.15) is 37.8 Å². The van der Waals surface area contributed by atoms with Crippen LogP contribution in [0, 0.1) is 5.92 Å². The molecule has 0 aromatic heterocycles. The minimum absolute atomic E-state index is 0.352. The van der Waals surface area contributed by atoms with E-state index in [9.17, 15) is 5.11 Å².